The molecule has 1 N–H and O–H groups in total. The molecule has 0 amide bonds. The van der Waals surface area contributed by atoms with Gasteiger partial charge in [-0.15, -0.1) is 0 Å². The molecule has 1 aromatic heterocycles. The minimum absolute atomic E-state index is 0.177. The van der Waals surface area contributed by atoms with Gasteiger partial charge in [0, 0.05) is 0 Å². The van der Waals surface area contributed by atoms with Crippen LogP contribution in [-0.4, -0.2) is 25.8 Å². The van der Waals surface area contributed by atoms with Crippen LogP contribution in [0.25, 0.3) is 0 Å². The molecule has 1 heterocycles. The first-order chi connectivity index (χ1) is 8.97. The van der Waals surface area contributed by atoms with Crippen LogP contribution >= 0.6 is 0 Å². The molecule has 0 aliphatic rings. The van der Waals surface area contributed by atoms with Crippen LogP contribution in [0.1, 0.15) is 21.5 Å². The van der Waals surface area contributed by atoms with Crippen molar-refractivity contribution in [3.63, 3.8) is 0 Å². The van der Waals surface area contributed by atoms with Crippen LogP contribution < -0.4 is 0 Å². The van der Waals surface area contributed by atoms with Gasteiger partial charge in [0.2, 0.25) is 0 Å². The van der Waals surface area contributed by atoms with E-state index in [1.54, 1.807) is 25.3 Å². The highest BCUT2D eigenvalue weighted by Crippen LogP contribution is 2.15. The lowest BCUT2D eigenvalue weighted by Crippen LogP contribution is -2.03. The molecule has 2 rings (SSSR count). The maximum Gasteiger partial charge on any atom is 0.392 e. The zero-order valence-electron chi connectivity index (χ0n) is 10.1. The fourth-order valence-corrected chi connectivity index (χ4v) is 1.76. The molecule has 2 aromatic rings. The average molecular weight is 261 g/mol. The quantitative estimate of drug-likeness (QED) is 0.668. The molecule has 0 aliphatic heterocycles. The minimum atomic E-state index is -1.01. The SMILES string of the molecule is Cc1cn(Cc2cccc(C(=O)O)c2)nc1[N+](=O)[O-]. The van der Waals surface area contributed by atoms with Crippen LogP contribution in [-0.2, 0) is 6.54 Å². The van der Waals surface area contributed by atoms with E-state index in [0.717, 1.165) is 5.56 Å². The van der Waals surface area contributed by atoms with Gasteiger partial charge in [-0.2, -0.15) is 4.68 Å². The topological polar surface area (TPSA) is 98.3 Å². The number of carbonyl (C=O) groups is 1. The van der Waals surface area contributed by atoms with Crippen molar-refractivity contribution in [2.24, 2.45) is 0 Å². The molecule has 1 aromatic carbocycles. The number of benzene rings is 1. The van der Waals surface area contributed by atoms with E-state index in [1.165, 1.54) is 16.8 Å². The maximum absolute atomic E-state index is 10.8. The van der Waals surface area contributed by atoms with E-state index in [0.29, 0.717) is 5.56 Å². The predicted octanol–water partition coefficient (Wildman–Crippen LogP) is 1.85. The summed E-state index contributed by atoms with van der Waals surface area (Å²) in [7, 11) is 0. The Hall–Kier alpha value is -2.70. The Kier molecular flexibility index (Phi) is 3.28. The summed E-state index contributed by atoms with van der Waals surface area (Å²) < 4.78 is 1.43. The van der Waals surface area contributed by atoms with Crippen LogP contribution in [0.4, 0.5) is 5.82 Å². The van der Waals surface area contributed by atoms with E-state index in [1.807, 2.05) is 0 Å². The third-order valence-electron chi connectivity index (χ3n) is 2.61. The number of hydrogen-bond acceptors (Lipinski definition) is 4. The second-order valence-corrected chi connectivity index (χ2v) is 4.10. The predicted molar refractivity (Wildman–Crippen MR) is 66.1 cm³/mol. The molecule has 0 saturated heterocycles. The molecule has 0 aliphatic carbocycles. The molecule has 0 bridgehead atoms. The summed E-state index contributed by atoms with van der Waals surface area (Å²) >= 11 is 0. The van der Waals surface area contributed by atoms with Gasteiger partial charge in [0.05, 0.1) is 29.0 Å². The monoisotopic (exact) mass is 261 g/mol. The third-order valence-corrected chi connectivity index (χ3v) is 2.61. The fourth-order valence-electron chi connectivity index (χ4n) is 1.76. The van der Waals surface area contributed by atoms with Crippen molar-refractivity contribution >= 4 is 11.8 Å². The second kappa shape index (κ2) is 4.89. The summed E-state index contributed by atoms with van der Waals surface area (Å²) in [5.41, 5.74) is 1.37. The Labute approximate surface area is 108 Å². The van der Waals surface area contributed by atoms with Crippen LogP contribution in [0.3, 0.4) is 0 Å². The summed E-state index contributed by atoms with van der Waals surface area (Å²) in [5, 5.41) is 23.4. The molecular weight excluding hydrogens is 250 g/mol. The van der Waals surface area contributed by atoms with E-state index in [2.05, 4.69) is 5.10 Å². The van der Waals surface area contributed by atoms with E-state index in [-0.39, 0.29) is 17.9 Å². The molecule has 19 heavy (non-hydrogen) atoms. The first kappa shape index (κ1) is 12.7. The van der Waals surface area contributed by atoms with E-state index < -0.39 is 10.9 Å². The lowest BCUT2D eigenvalue weighted by Gasteiger charge is -2.00. The summed E-state index contributed by atoms with van der Waals surface area (Å²) in [4.78, 5) is 21.0. The largest absolute Gasteiger partial charge is 0.478 e. The van der Waals surface area contributed by atoms with Crippen LogP contribution in [0.15, 0.2) is 30.5 Å². The number of aromatic nitrogens is 2. The highest BCUT2D eigenvalue weighted by atomic mass is 16.6. The van der Waals surface area contributed by atoms with Gasteiger partial charge in [-0.05, 0) is 29.5 Å². The third kappa shape index (κ3) is 2.76. The van der Waals surface area contributed by atoms with Crippen molar-refractivity contribution in [1.29, 1.82) is 0 Å². The molecular formula is C12H11N3O4. The molecule has 98 valence electrons. The van der Waals surface area contributed by atoms with Gasteiger partial charge >= 0.3 is 11.8 Å². The van der Waals surface area contributed by atoms with E-state index in [4.69, 9.17) is 5.11 Å². The van der Waals surface area contributed by atoms with E-state index in [9.17, 15) is 14.9 Å². The van der Waals surface area contributed by atoms with Gasteiger partial charge in [-0.1, -0.05) is 12.1 Å². The first-order valence-electron chi connectivity index (χ1n) is 5.48. The Morgan fingerprint density at radius 3 is 2.84 bits per heavy atom. The summed E-state index contributed by atoms with van der Waals surface area (Å²) in [5.74, 6) is -1.20. The van der Waals surface area contributed by atoms with E-state index >= 15 is 0 Å². The summed E-state index contributed by atoms with van der Waals surface area (Å²) in [6.45, 7) is 1.89. The van der Waals surface area contributed by atoms with Gasteiger partial charge in [0.15, 0.2) is 0 Å². The highest BCUT2D eigenvalue weighted by Gasteiger charge is 2.17. The molecule has 0 unspecified atom stereocenters. The number of hydrogen-bond donors (Lipinski definition) is 1. The number of nitro groups is 1. The Bertz CT molecular complexity index is 648. The smallest absolute Gasteiger partial charge is 0.392 e. The Balaban J connectivity index is 2.26. The van der Waals surface area contributed by atoms with Gasteiger partial charge < -0.3 is 15.2 Å². The lowest BCUT2D eigenvalue weighted by atomic mass is 10.1. The number of aryl methyl sites for hydroxylation is 1. The van der Waals surface area contributed by atoms with Crippen LogP contribution in [0.5, 0.6) is 0 Å². The molecule has 0 saturated carbocycles. The average Bonchev–Trinajstić information content (AvgIpc) is 2.70. The van der Waals surface area contributed by atoms with Crippen LogP contribution in [0, 0.1) is 17.0 Å². The van der Waals surface area contributed by atoms with Crippen molar-refractivity contribution in [2.75, 3.05) is 0 Å². The maximum atomic E-state index is 10.8. The number of carboxylic acids is 1. The number of carboxylic acid groups (broad SMARTS) is 1. The molecule has 0 radical (unpaired) electrons. The number of aromatic carboxylic acids is 1. The molecule has 0 atom stereocenters. The zero-order valence-corrected chi connectivity index (χ0v) is 10.1. The normalized spacial score (nSPS) is 10.4. The summed E-state index contributed by atoms with van der Waals surface area (Å²) in [6.07, 6.45) is 1.56. The second-order valence-electron chi connectivity index (χ2n) is 4.10. The Morgan fingerprint density at radius 2 is 2.26 bits per heavy atom. The van der Waals surface area contributed by atoms with Gasteiger partial charge in [-0.3, -0.25) is 0 Å². The zero-order chi connectivity index (χ0) is 14.0. The number of rotatable bonds is 4. The van der Waals surface area contributed by atoms with Crippen molar-refractivity contribution < 1.29 is 14.8 Å². The lowest BCUT2D eigenvalue weighted by molar-refractivity contribution is -0.390. The van der Waals surface area contributed by atoms with Crippen LogP contribution in [0.2, 0.25) is 0 Å². The van der Waals surface area contributed by atoms with Crippen molar-refractivity contribution in [1.82, 2.24) is 9.78 Å². The molecule has 0 fully saturated rings. The van der Waals surface area contributed by atoms with Gasteiger partial charge in [0.25, 0.3) is 0 Å². The Morgan fingerprint density at radius 1 is 1.53 bits per heavy atom. The van der Waals surface area contributed by atoms with Crippen molar-refractivity contribution in [3.8, 4) is 0 Å². The van der Waals surface area contributed by atoms with Gasteiger partial charge in [-0.25, -0.2) is 4.79 Å². The van der Waals surface area contributed by atoms with Gasteiger partial charge in [0.1, 0.15) is 0 Å². The number of nitrogens with zero attached hydrogens (tertiary/aromatic N) is 3. The van der Waals surface area contributed by atoms with Crippen molar-refractivity contribution in [3.05, 3.63) is 57.3 Å². The molecule has 7 heteroatoms. The highest BCUT2D eigenvalue weighted by molar-refractivity contribution is 5.87. The van der Waals surface area contributed by atoms with Crippen molar-refractivity contribution in [2.45, 2.75) is 13.5 Å². The molecule has 7 nitrogen and oxygen atoms in total. The minimum Gasteiger partial charge on any atom is -0.478 e. The fraction of sp³-hybridized carbons (Fsp3) is 0.167. The molecule has 0 spiro atoms. The first-order valence-corrected chi connectivity index (χ1v) is 5.48. The summed E-state index contributed by atoms with van der Waals surface area (Å²) in [6, 6.07) is 6.38. The standard InChI is InChI=1S/C12H11N3O4/c1-8-6-14(13-11(8)15(18)19)7-9-3-2-4-10(5-9)12(16)17/h2-6H,7H2,1H3,(H,16,17).